The van der Waals surface area contributed by atoms with Crippen LogP contribution >= 0.6 is 0 Å². The van der Waals surface area contributed by atoms with Gasteiger partial charge in [0.1, 0.15) is 36.9 Å². The molecule has 3 N–H and O–H groups in total. The quantitative estimate of drug-likeness (QED) is 0.255. The minimum atomic E-state index is -0.164. The number of nitrogens with one attached hydrogen (secondary N) is 1. The molecule has 4 aromatic rings. The molecule has 7 rings (SSSR count). The summed E-state index contributed by atoms with van der Waals surface area (Å²) in [5.41, 5.74) is 11.6. The van der Waals surface area contributed by atoms with Gasteiger partial charge in [0.2, 0.25) is 18.4 Å². The number of nitrogens with two attached hydrogens (primary N) is 1. The highest BCUT2D eigenvalue weighted by molar-refractivity contribution is 6.23. The summed E-state index contributed by atoms with van der Waals surface area (Å²) in [5.74, 6) is -0.164. The van der Waals surface area contributed by atoms with Crippen LogP contribution in [0.4, 0.5) is 22.7 Å². The Hall–Kier alpha value is -5.12. The van der Waals surface area contributed by atoms with Gasteiger partial charge in [0.05, 0.1) is 50.0 Å². The molecule has 2 aromatic heterocycles. The topological polar surface area (TPSA) is 91.6 Å². The van der Waals surface area contributed by atoms with Crippen LogP contribution in [0.2, 0.25) is 0 Å². The van der Waals surface area contributed by atoms with Crippen LogP contribution in [-0.2, 0) is 18.9 Å². The van der Waals surface area contributed by atoms with Gasteiger partial charge in [0, 0.05) is 49.1 Å². The van der Waals surface area contributed by atoms with Crippen molar-refractivity contribution in [3.8, 4) is 0 Å². The zero-order chi connectivity index (χ0) is 30.2. The minimum Gasteiger partial charge on any atom is -0.397 e. The standard InChI is InChI=1S/C34H38N9O/c1-38-15-17-42(23-38)29-11-13-40(21-29)27-7-3-25(4-8-27)36-32-20-33(34(44)19-31(32)35)37-26-5-9-28(10-6-26)41-14-12-30(22-41)43-18-16-39(2)24-43/h3-10,15-20,23-24,29-30H,11-14,21-22H2,1-2H3,(H2-,35,36,37,44)/q+1/p+1. The molecule has 44 heavy (non-hydrogen) atoms. The molecule has 0 saturated carbocycles. The Bertz CT molecular complexity index is 1760. The van der Waals surface area contributed by atoms with Crippen LogP contribution in [0.5, 0.6) is 0 Å². The predicted molar refractivity (Wildman–Crippen MR) is 172 cm³/mol. The van der Waals surface area contributed by atoms with Crippen LogP contribution in [0, 0.1) is 0 Å². The number of anilines is 3. The first-order valence-electron chi connectivity index (χ1n) is 15.2. The van der Waals surface area contributed by atoms with E-state index in [0.29, 0.717) is 29.2 Å². The number of imidazole rings is 2. The van der Waals surface area contributed by atoms with Crippen LogP contribution in [-0.4, -0.2) is 46.8 Å². The molecule has 1 aliphatic carbocycles. The van der Waals surface area contributed by atoms with Gasteiger partial charge in [-0.15, -0.1) is 0 Å². The van der Waals surface area contributed by atoms with E-state index in [2.05, 4.69) is 102 Å². The van der Waals surface area contributed by atoms with Crippen molar-refractivity contribution >= 4 is 34.2 Å². The van der Waals surface area contributed by atoms with E-state index in [0.717, 1.165) is 50.4 Å². The summed E-state index contributed by atoms with van der Waals surface area (Å²) in [4.78, 5) is 22.4. The number of aryl methyl sites for hydroxylation is 2. The van der Waals surface area contributed by atoms with E-state index in [1.165, 1.54) is 17.5 Å². The van der Waals surface area contributed by atoms with E-state index in [1.54, 1.807) is 6.08 Å². The normalized spacial score (nSPS) is 21.2. The van der Waals surface area contributed by atoms with Crippen LogP contribution in [0.25, 0.3) is 0 Å². The lowest BCUT2D eigenvalue weighted by molar-refractivity contribution is -0.671. The molecule has 2 aliphatic heterocycles. The van der Waals surface area contributed by atoms with Gasteiger partial charge in [-0.25, -0.2) is 23.3 Å². The van der Waals surface area contributed by atoms with Crippen molar-refractivity contribution in [3.63, 3.8) is 0 Å². The molecule has 2 unspecified atom stereocenters. The van der Waals surface area contributed by atoms with Crippen LogP contribution in [0.3, 0.4) is 0 Å². The third-order valence-corrected chi connectivity index (χ3v) is 8.85. The van der Waals surface area contributed by atoms with E-state index in [9.17, 15) is 4.79 Å². The van der Waals surface area contributed by atoms with E-state index < -0.39 is 0 Å². The van der Waals surface area contributed by atoms with Gasteiger partial charge >= 0.3 is 0 Å². The van der Waals surface area contributed by atoms with Crippen LogP contribution in [0.1, 0.15) is 24.9 Å². The number of aliphatic imine (C=N–C) groups is 1. The minimum absolute atomic E-state index is 0.164. The van der Waals surface area contributed by atoms with Crippen molar-refractivity contribution < 1.29 is 13.9 Å². The molecular formula is C34H39N9O+2. The SMILES string of the molecule is C[n+]1ccn(C2CCN(c3ccc(N=C4C=C(Nc5ccc(N6CCC(n7cc[n+](C)c7)C6)cc5)C(=O)C=C4N)cc3)C2)c1. The lowest BCUT2D eigenvalue weighted by Gasteiger charge is -2.19. The zero-order valence-corrected chi connectivity index (χ0v) is 25.3. The number of carbonyl (C=O) groups is 1. The van der Waals surface area contributed by atoms with Crippen molar-refractivity contribution in [2.45, 2.75) is 24.9 Å². The number of rotatable bonds is 7. The first-order valence-corrected chi connectivity index (χ1v) is 15.2. The van der Waals surface area contributed by atoms with Crippen molar-refractivity contribution in [2.24, 2.45) is 24.8 Å². The smallest absolute Gasteiger partial charge is 0.243 e. The maximum atomic E-state index is 12.8. The molecule has 10 heteroatoms. The number of hydrogen-bond acceptors (Lipinski definition) is 6. The second kappa shape index (κ2) is 11.5. The number of ketones is 1. The van der Waals surface area contributed by atoms with E-state index >= 15 is 0 Å². The van der Waals surface area contributed by atoms with Gasteiger partial charge in [-0.2, -0.15) is 0 Å². The predicted octanol–water partition coefficient (Wildman–Crippen LogP) is 3.34. The monoisotopic (exact) mass is 589 g/mol. The lowest BCUT2D eigenvalue weighted by Crippen LogP contribution is -2.25. The number of allylic oxidation sites excluding steroid dienone is 2. The van der Waals surface area contributed by atoms with Crippen LogP contribution in [0.15, 0.2) is 115 Å². The number of carbonyl (C=O) groups excluding carboxylic acids is 1. The summed E-state index contributed by atoms with van der Waals surface area (Å²) in [7, 11) is 4.10. The first kappa shape index (κ1) is 27.7. The van der Waals surface area contributed by atoms with E-state index in [-0.39, 0.29) is 5.78 Å². The largest absolute Gasteiger partial charge is 0.397 e. The fraction of sp³-hybridized carbons (Fsp3) is 0.294. The van der Waals surface area contributed by atoms with Crippen molar-refractivity contribution in [3.05, 3.63) is 110 Å². The van der Waals surface area contributed by atoms with Gasteiger partial charge in [0.15, 0.2) is 0 Å². The Kier molecular flexibility index (Phi) is 7.25. The van der Waals surface area contributed by atoms with Crippen LogP contribution < -0.4 is 30.0 Å². The first-order chi connectivity index (χ1) is 21.4. The molecule has 2 aromatic carbocycles. The second-order valence-corrected chi connectivity index (χ2v) is 12.0. The Morgan fingerprint density at radius 2 is 1.34 bits per heavy atom. The van der Waals surface area contributed by atoms with Gasteiger partial charge < -0.3 is 20.9 Å². The third-order valence-electron chi connectivity index (χ3n) is 8.85. The Labute approximate surface area is 257 Å². The number of aromatic nitrogens is 4. The average Bonchev–Trinajstić information content (AvgIpc) is 3.84. The van der Waals surface area contributed by atoms with E-state index in [4.69, 9.17) is 10.7 Å². The summed E-state index contributed by atoms with van der Waals surface area (Å²) in [5, 5.41) is 3.28. The highest BCUT2D eigenvalue weighted by Gasteiger charge is 2.29. The summed E-state index contributed by atoms with van der Waals surface area (Å²) in [6.45, 7) is 3.98. The summed E-state index contributed by atoms with van der Waals surface area (Å²) in [6.07, 6.45) is 18.1. The van der Waals surface area contributed by atoms with Gasteiger partial charge in [-0.1, -0.05) is 0 Å². The molecular weight excluding hydrogens is 550 g/mol. The second-order valence-electron chi connectivity index (χ2n) is 12.0. The fourth-order valence-corrected chi connectivity index (χ4v) is 6.38. The van der Waals surface area contributed by atoms with Gasteiger partial charge in [-0.3, -0.25) is 4.79 Å². The summed E-state index contributed by atoms with van der Waals surface area (Å²) in [6, 6.07) is 17.4. The fourth-order valence-electron chi connectivity index (χ4n) is 6.38. The Morgan fingerprint density at radius 1 is 0.795 bits per heavy atom. The van der Waals surface area contributed by atoms with E-state index in [1.807, 2.05) is 31.3 Å². The maximum absolute atomic E-state index is 12.8. The molecule has 0 amide bonds. The lowest BCUT2D eigenvalue weighted by atomic mass is 10.1. The van der Waals surface area contributed by atoms with Crippen molar-refractivity contribution in [1.29, 1.82) is 0 Å². The molecule has 2 atom stereocenters. The Balaban J connectivity index is 1.00. The summed E-state index contributed by atoms with van der Waals surface area (Å²) >= 11 is 0. The number of benzene rings is 2. The molecule has 3 aliphatic rings. The molecule has 224 valence electrons. The third kappa shape index (κ3) is 5.75. The molecule has 4 heterocycles. The van der Waals surface area contributed by atoms with Crippen molar-refractivity contribution in [1.82, 2.24) is 9.13 Å². The Morgan fingerprint density at radius 3 is 1.86 bits per heavy atom. The molecule has 0 spiro atoms. The molecule has 2 fully saturated rings. The zero-order valence-electron chi connectivity index (χ0n) is 25.3. The molecule has 0 radical (unpaired) electrons. The van der Waals surface area contributed by atoms with Gasteiger partial charge in [0.25, 0.3) is 0 Å². The molecule has 2 saturated heterocycles. The summed E-state index contributed by atoms with van der Waals surface area (Å²) < 4.78 is 8.74. The van der Waals surface area contributed by atoms with Crippen molar-refractivity contribution in [2.75, 3.05) is 41.3 Å². The number of nitrogens with zero attached hydrogens (tertiary/aromatic N) is 7. The highest BCUT2D eigenvalue weighted by Crippen LogP contribution is 2.30. The molecule has 0 bridgehead atoms. The van der Waals surface area contributed by atoms with Gasteiger partial charge in [-0.05, 0) is 54.6 Å². The number of hydrogen-bond donors (Lipinski definition) is 2. The maximum Gasteiger partial charge on any atom is 0.243 e. The average molecular weight is 590 g/mol. The highest BCUT2D eigenvalue weighted by atomic mass is 16.1. The molecule has 10 nitrogen and oxygen atoms in total.